The van der Waals surface area contributed by atoms with E-state index in [1.807, 2.05) is 6.92 Å². The van der Waals surface area contributed by atoms with E-state index in [2.05, 4.69) is 35.6 Å². The largest absolute Gasteiger partial charge is 0.304 e. The molecular formula is C11H20N2. The van der Waals surface area contributed by atoms with Crippen LogP contribution in [0.1, 0.15) is 6.92 Å². The van der Waals surface area contributed by atoms with Crippen LogP contribution in [0.4, 0.5) is 0 Å². The Hall–Kier alpha value is -0.600. The normalized spacial score (nSPS) is 21.1. The molecule has 0 spiro atoms. The highest BCUT2D eigenvalue weighted by Crippen LogP contribution is 2.03. The fraction of sp³-hybridized carbons (Fsp3) is 0.636. The molecule has 0 saturated carbocycles. The first-order valence-electron chi connectivity index (χ1n) is 4.93. The second kappa shape index (κ2) is 5.20. The van der Waals surface area contributed by atoms with E-state index in [1.165, 1.54) is 31.8 Å². The number of likely N-dealkylation sites (N-methyl/N-ethyl adjacent to an activating group) is 1. The first-order valence-corrected chi connectivity index (χ1v) is 4.93. The molecule has 74 valence electrons. The molecule has 0 amide bonds. The Labute approximate surface area is 81.5 Å². The number of rotatable bonds is 3. The van der Waals surface area contributed by atoms with Gasteiger partial charge in [0.05, 0.1) is 0 Å². The first kappa shape index (κ1) is 10.5. The monoisotopic (exact) mass is 180 g/mol. The second-order valence-electron chi connectivity index (χ2n) is 3.74. The maximum atomic E-state index is 4.02. The van der Waals surface area contributed by atoms with Crippen LogP contribution in [0.25, 0.3) is 0 Å². The van der Waals surface area contributed by atoms with Crippen LogP contribution in [0.2, 0.25) is 0 Å². The molecule has 1 aliphatic heterocycles. The fourth-order valence-corrected chi connectivity index (χ4v) is 1.58. The van der Waals surface area contributed by atoms with Crippen molar-refractivity contribution in [3.05, 3.63) is 24.3 Å². The van der Waals surface area contributed by atoms with Crippen molar-refractivity contribution in [1.82, 2.24) is 9.80 Å². The average Bonchev–Trinajstić information content (AvgIpc) is 2.09. The van der Waals surface area contributed by atoms with Crippen molar-refractivity contribution >= 4 is 0 Å². The number of piperazine rings is 1. The summed E-state index contributed by atoms with van der Waals surface area (Å²) >= 11 is 0. The highest BCUT2D eigenvalue weighted by Gasteiger charge is 2.12. The van der Waals surface area contributed by atoms with E-state index in [0.29, 0.717) is 0 Å². The van der Waals surface area contributed by atoms with Crippen LogP contribution in [0.15, 0.2) is 24.3 Å². The Morgan fingerprint density at radius 1 is 1.31 bits per heavy atom. The Morgan fingerprint density at radius 2 is 1.92 bits per heavy atom. The summed E-state index contributed by atoms with van der Waals surface area (Å²) < 4.78 is 0. The van der Waals surface area contributed by atoms with Crippen LogP contribution >= 0.6 is 0 Å². The molecule has 1 heterocycles. The van der Waals surface area contributed by atoms with E-state index in [-0.39, 0.29) is 0 Å². The van der Waals surface area contributed by atoms with Gasteiger partial charge in [0.25, 0.3) is 0 Å². The van der Waals surface area contributed by atoms with E-state index in [9.17, 15) is 0 Å². The lowest BCUT2D eigenvalue weighted by Gasteiger charge is -2.32. The molecule has 0 aromatic rings. The van der Waals surface area contributed by atoms with E-state index in [4.69, 9.17) is 0 Å². The Kier molecular flexibility index (Phi) is 4.19. The summed E-state index contributed by atoms with van der Waals surface area (Å²) in [5.41, 5.74) is 1.21. The Morgan fingerprint density at radius 3 is 2.46 bits per heavy atom. The molecule has 2 heteroatoms. The van der Waals surface area contributed by atoms with Gasteiger partial charge in [-0.25, -0.2) is 0 Å². The molecular weight excluding hydrogens is 160 g/mol. The zero-order valence-corrected chi connectivity index (χ0v) is 8.79. The highest BCUT2D eigenvalue weighted by atomic mass is 15.2. The number of allylic oxidation sites excluding steroid dienone is 1. The molecule has 13 heavy (non-hydrogen) atoms. The van der Waals surface area contributed by atoms with E-state index < -0.39 is 0 Å². The summed E-state index contributed by atoms with van der Waals surface area (Å²) in [7, 11) is 2.18. The molecule has 0 unspecified atom stereocenters. The summed E-state index contributed by atoms with van der Waals surface area (Å²) in [5.74, 6) is 0. The van der Waals surface area contributed by atoms with Gasteiger partial charge >= 0.3 is 0 Å². The highest BCUT2D eigenvalue weighted by molar-refractivity contribution is 5.15. The maximum Gasteiger partial charge on any atom is 0.0228 e. The topological polar surface area (TPSA) is 6.48 Å². The standard InChI is InChI=1S/C11H20N2/c1-4-5-11(2)10-13-8-6-12(3)7-9-13/h4-5H,2,6-10H2,1,3H3/b5-4-. The van der Waals surface area contributed by atoms with E-state index in [0.717, 1.165) is 6.54 Å². The SMILES string of the molecule is C=C(/C=C\C)CN1CCN(C)CC1. The van der Waals surface area contributed by atoms with Crippen LogP contribution in [0.3, 0.4) is 0 Å². The van der Waals surface area contributed by atoms with E-state index >= 15 is 0 Å². The van der Waals surface area contributed by atoms with Crippen molar-refractivity contribution in [2.45, 2.75) is 6.92 Å². The Bertz CT molecular complexity index is 188. The summed E-state index contributed by atoms with van der Waals surface area (Å²) in [4.78, 5) is 4.83. The minimum absolute atomic E-state index is 1.03. The smallest absolute Gasteiger partial charge is 0.0228 e. The van der Waals surface area contributed by atoms with Crippen molar-refractivity contribution in [1.29, 1.82) is 0 Å². The van der Waals surface area contributed by atoms with Gasteiger partial charge in [0.2, 0.25) is 0 Å². The molecule has 2 nitrogen and oxygen atoms in total. The third-order valence-electron chi connectivity index (χ3n) is 2.42. The number of nitrogens with zero attached hydrogens (tertiary/aromatic N) is 2. The number of hydrogen-bond donors (Lipinski definition) is 0. The minimum atomic E-state index is 1.03. The number of hydrogen-bond acceptors (Lipinski definition) is 2. The molecule has 1 rings (SSSR count). The molecule has 0 radical (unpaired) electrons. The van der Waals surface area contributed by atoms with Crippen molar-refractivity contribution < 1.29 is 0 Å². The third kappa shape index (κ3) is 3.75. The lowest BCUT2D eigenvalue weighted by molar-refractivity contribution is 0.165. The summed E-state index contributed by atoms with van der Waals surface area (Å²) in [5, 5.41) is 0. The quantitative estimate of drug-likeness (QED) is 0.605. The van der Waals surface area contributed by atoms with Gasteiger partial charge in [0, 0.05) is 32.7 Å². The molecule has 1 saturated heterocycles. The fourth-order valence-electron chi connectivity index (χ4n) is 1.58. The molecule has 1 fully saturated rings. The molecule has 0 atom stereocenters. The van der Waals surface area contributed by atoms with E-state index in [1.54, 1.807) is 0 Å². The third-order valence-corrected chi connectivity index (χ3v) is 2.42. The van der Waals surface area contributed by atoms with Crippen LogP contribution < -0.4 is 0 Å². The zero-order chi connectivity index (χ0) is 9.68. The maximum absolute atomic E-state index is 4.02. The summed E-state index contributed by atoms with van der Waals surface area (Å²) in [6, 6.07) is 0. The van der Waals surface area contributed by atoms with Gasteiger partial charge < -0.3 is 4.90 Å². The minimum Gasteiger partial charge on any atom is -0.304 e. The zero-order valence-electron chi connectivity index (χ0n) is 8.79. The van der Waals surface area contributed by atoms with Gasteiger partial charge in [-0.2, -0.15) is 0 Å². The molecule has 0 bridgehead atoms. The summed E-state index contributed by atoms with van der Waals surface area (Å²) in [6.45, 7) is 11.8. The first-order chi connectivity index (χ1) is 6.22. The average molecular weight is 180 g/mol. The van der Waals surface area contributed by atoms with Crippen molar-refractivity contribution in [2.75, 3.05) is 39.8 Å². The predicted molar refractivity (Wildman–Crippen MR) is 57.9 cm³/mol. The lowest BCUT2D eigenvalue weighted by Crippen LogP contribution is -2.44. The van der Waals surface area contributed by atoms with Gasteiger partial charge in [0.15, 0.2) is 0 Å². The van der Waals surface area contributed by atoms with Crippen molar-refractivity contribution in [3.8, 4) is 0 Å². The van der Waals surface area contributed by atoms with Crippen molar-refractivity contribution in [3.63, 3.8) is 0 Å². The molecule has 0 aromatic heterocycles. The van der Waals surface area contributed by atoms with Crippen LogP contribution in [0.5, 0.6) is 0 Å². The Balaban J connectivity index is 2.26. The molecule has 0 aliphatic carbocycles. The van der Waals surface area contributed by atoms with Gasteiger partial charge in [-0.05, 0) is 19.5 Å². The predicted octanol–water partition coefficient (Wildman–Crippen LogP) is 1.37. The molecule has 0 aromatic carbocycles. The van der Waals surface area contributed by atoms with Gasteiger partial charge in [0.1, 0.15) is 0 Å². The molecule has 1 aliphatic rings. The van der Waals surface area contributed by atoms with Gasteiger partial charge in [-0.3, -0.25) is 4.90 Å². The van der Waals surface area contributed by atoms with Crippen LogP contribution in [-0.2, 0) is 0 Å². The molecule has 0 N–H and O–H groups in total. The van der Waals surface area contributed by atoms with Gasteiger partial charge in [-0.15, -0.1) is 0 Å². The van der Waals surface area contributed by atoms with Crippen LogP contribution in [0, 0.1) is 0 Å². The summed E-state index contributed by atoms with van der Waals surface area (Å²) in [6.07, 6.45) is 4.15. The lowest BCUT2D eigenvalue weighted by atomic mass is 10.2. The second-order valence-corrected chi connectivity index (χ2v) is 3.74. The van der Waals surface area contributed by atoms with Gasteiger partial charge in [-0.1, -0.05) is 18.7 Å². The van der Waals surface area contributed by atoms with Crippen LogP contribution in [-0.4, -0.2) is 49.6 Å². The van der Waals surface area contributed by atoms with Crippen molar-refractivity contribution in [2.24, 2.45) is 0 Å².